The third-order valence-electron chi connectivity index (χ3n) is 4.25. The third-order valence-corrected chi connectivity index (χ3v) is 5.23. The zero-order valence-electron chi connectivity index (χ0n) is 13.9. The predicted octanol–water partition coefficient (Wildman–Crippen LogP) is 3.69. The molecule has 0 amide bonds. The van der Waals surface area contributed by atoms with Gasteiger partial charge < -0.3 is 0 Å². The number of fused-ring (bicyclic) bond motifs is 1. The average Bonchev–Trinajstić information content (AvgIpc) is 2.80. The molecule has 0 saturated carbocycles. The molecular formula is C18H18N2O2S. The maximum Gasteiger partial charge on any atom is 0.277 e. The number of pyridine rings is 1. The molecule has 0 unspecified atom stereocenters. The summed E-state index contributed by atoms with van der Waals surface area (Å²) < 4.78 is 1.22. The van der Waals surface area contributed by atoms with E-state index in [1.165, 1.54) is 9.52 Å². The Kier molecular flexibility index (Phi) is 3.68. The van der Waals surface area contributed by atoms with Crippen LogP contribution >= 0.6 is 11.5 Å². The van der Waals surface area contributed by atoms with E-state index in [9.17, 15) is 9.59 Å². The number of aryl methyl sites for hydroxylation is 4. The molecule has 0 N–H and O–H groups in total. The lowest BCUT2D eigenvalue weighted by atomic mass is 10.0. The number of carbonyl (C=O) groups is 1. The van der Waals surface area contributed by atoms with E-state index in [0.717, 1.165) is 33.9 Å². The van der Waals surface area contributed by atoms with Crippen molar-refractivity contribution >= 4 is 27.7 Å². The van der Waals surface area contributed by atoms with Gasteiger partial charge in [0.15, 0.2) is 0 Å². The zero-order valence-corrected chi connectivity index (χ0v) is 14.7. The molecule has 0 aliphatic heterocycles. The summed E-state index contributed by atoms with van der Waals surface area (Å²) in [5, 5.41) is 0.537. The molecule has 0 spiro atoms. The molecule has 3 rings (SSSR count). The Balaban J connectivity index is 2.21. The van der Waals surface area contributed by atoms with Gasteiger partial charge in [0.1, 0.15) is 4.83 Å². The van der Waals surface area contributed by atoms with Gasteiger partial charge in [0, 0.05) is 11.3 Å². The number of carbonyl (C=O) groups excluding carboxylic acids is 1. The van der Waals surface area contributed by atoms with Gasteiger partial charge in [-0.05, 0) is 86.6 Å². The van der Waals surface area contributed by atoms with Gasteiger partial charge in [-0.15, -0.1) is 0 Å². The van der Waals surface area contributed by atoms with Crippen LogP contribution in [0.15, 0.2) is 23.0 Å². The quantitative estimate of drug-likeness (QED) is 0.685. The Morgan fingerprint density at radius 1 is 1.00 bits per heavy atom. The molecule has 2 aromatic heterocycles. The first-order valence-electron chi connectivity index (χ1n) is 7.42. The SMILES string of the molecule is Cc1cc(C)c2c(=O)n(C(=O)c3cc(C)c(C)c(C)c3)sc2n1. The number of hydrogen-bond acceptors (Lipinski definition) is 4. The molecule has 0 bridgehead atoms. The molecular weight excluding hydrogens is 308 g/mol. The van der Waals surface area contributed by atoms with E-state index < -0.39 is 0 Å². The smallest absolute Gasteiger partial charge is 0.267 e. The van der Waals surface area contributed by atoms with E-state index in [2.05, 4.69) is 4.98 Å². The highest BCUT2D eigenvalue weighted by Gasteiger charge is 2.19. The van der Waals surface area contributed by atoms with Gasteiger partial charge in [-0.25, -0.2) is 4.98 Å². The molecule has 0 aliphatic carbocycles. The standard InChI is InChI=1S/C18H18N2O2S/c1-9-7-14(8-10(2)13(9)5)17(21)20-18(22)15-11(3)6-12(4)19-16(15)23-20/h6-8H,1-5H3. The molecule has 0 saturated heterocycles. The van der Waals surface area contributed by atoms with Crippen LogP contribution in [0.1, 0.15) is 38.3 Å². The van der Waals surface area contributed by atoms with Crippen LogP contribution in [0.2, 0.25) is 0 Å². The van der Waals surface area contributed by atoms with Gasteiger partial charge in [-0.2, -0.15) is 3.96 Å². The van der Waals surface area contributed by atoms with Crippen LogP contribution in [0.25, 0.3) is 10.2 Å². The van der Waals surface area contributed by atoms with E-state index in [1.54, 1.807) is 0 Å². The predicted molar refractivity (Wildman–Crippen MR) is 93.7 cm³/mol. The molecule has 0 fully saturated rings. The Hall–Kier alpha value is -2.27. The summed E-state index contributed by atoms with van der Waals surface area (Å²) in [4.78, 5) is 30.4. The average molecular weight is 326 g/mol. The van der Waals surface area contributed by atoms with Crippen molar-refractivity contribution in [3.8, 4) is 0 Å². The number of rotatable bonds is 1. The Morgan fingerprint density at radius 2 is 1.61 bits per heavy atom. The van der Waals surface area contributed by atoms with Crippen LogP contribution in [0.3, 0.4) is 0 Å². The highest BCUT2D eigenvalue weighted by atomic mass is 32.1. The van der Waals surface area contributed by atoms with Crippen molar-refractivity contribution in [2.45, 2.75) is 34.6 Å². The number of benzene rings is 1. The van der Waals surface area contributed by atoms with Crippen molar-refractivity contribution in [3.63, 3.8) is 0 Å². The van der Waals surface area contributed by atoms with Crippen molar-refractivity contribution in [2.24, 2.45) is 0 Å². The highest BCUT2D eigenvalue weighted by molar-refractivity contribution is 7.14. The molecule has 5 heteroatoms. The topological polar surface area (TPSA) is 52.0 Å². The second kappa shape index (κ2) is 5.42. The summed E-state index contributed by atoms with van der Waals surface area (Å²) in [5.74, 6) is -0.291. The van der Waals surface area contributed by atoms with Crippen molar-refractivity contribution in [2.75, 3.05) is 0 Å². The molecule has 0 atom stereocenters. The minimum absolute atomic E-state index is 0.282. The minimum Gasteiger partial charge on any atom is -0.267 e. The van der Waals surface area contributed by atoms with Gasteiger partial charge in [0.25, 0.3) is 11.5 Å². The van der Waals surface area contributed by atoms with Crippen LogP contribution in [-0.4, -0.2) is 14.8 Å². The summed E-state index contributed by atoms with van der Waals surface area (Å²) in [5.41, 5.74) is 5.22. The van der Waals surface area contributed by atoms with E-state index in [4.69, 9.17) is 0 Å². The van der Waals surface area contributed by atoms with Crippen LogP contribution < -0.4 is 5.56 Å². The fourth-order valence-corrected chi connectivity index (χ4v) is 3.83. The first-order chi connectivity index (χ1) is 10.8. The van der Waals surface area contributed by atoms with Gasteiger partial charge >= 0.3 is 0 Å². The highest BCUT2D eigenvalue weighted by Crippen LogP contribution is 2.21. The molecule has 0 radical (unpaired) electrons. The lowest BCUT2D eigenvalue weighted by molar-refractivity contribution is 0.0969. The second-order valence-corrected chi connectivity index (χ2v) is 6.93. The molecule has 23 heavy (non-hydrogen) atoms. The van der Waals surface area contributed by atoms with E-state index in [1.807, 2.05) is 52.8 Å². The number of hydrogen-bond donors (Lipinski definition) is 0. The van der Waals surface area contributed by atoms with Crippen LogP contribution in [-0.2, 0) is 0 Å². The molecule has 2 heterocycles. The van der Waals surface area contributed by atoms with E-state index in [-0.39, 0.29) is 11.5 Å². The minimum atomic E-state index is -0.291. The summed E-state index contributed by atoms with van der Waals surface area (Å²) in [6, 6.07) is 5.55. The molecule has 4 nitrogen and oxygen atoms in total. The van der Waals surface area contributed by atoms with Crippen molar-refractivity contribution < 1.29 is 4.79 Å². The molecule has 0 aliphatic rings. The Morgan fingerprint density at radius 3 is 2.22 bits per heavy atom. The summed E-state index contributed by atoms with van der Waals surface area (Å²) in [6.45, 7) is 9.74. The normalized spacial score (nSPS) is 11.2. The number of aromatic nitrogens is 2. The second-order valence-electron chi connectivity index (χ2n) is 5.99. The van der Waals surface area contributed by atoms with E-state index in [0.29, 0.717) is 15.8 Å². The maximum atomic E-state index is 12.8. The van der Waals surface area contributed by atoms with Crippen LogP contribution in [0.4, 0.5) is 0 Å². The molecule has 118 valence electrons. The summed E-state index contributed by atoms with van der Waals surface area (Å²) in [7, 11) is 0. The van der Waals surface area contributed by atoms with Gasteiger partial charge in [-0.1, -0.05) is 0 Å². The monoisotopic (exact) mass is 326 g/mol. The maximum absolute atomic E-state index is 12.8. The fourth-order valence-electron chi connectivity index (χ4n) is 2.77. The van der Waals surface area contributed by atoms with Crippen molar-refractivity contribution in [3.05, 3.63) is 62.1 Å². The van der Waals surface area contributed by atoms with Gasteiger partial charge in [0.05, 0.1) is 5.39 Å². The first-order valence-corrected chi connectivity index (χ1v) is 8.19. The Bertz CT molecular complexity index is 989. The van der Waals surface area contributed by atoms with Crippen molar-refractivity contribution in [1.82, 2.24) is 8.94 Å². The van der Waals surface area contributed by atoms with Crippen molar-refractivity contribution in [1.29, 1.82) is 0 Å². The number of nitrogens with zero attached hydrogens (tertiary/aromatic N) is 2. The van der Waals surface area contributed by atoms with Crippen LogP contribution in [0, 0.1) is 34.6 Å². The molecule has 1 aromatic carbocycles. The first kappa shape index (κ1) is 15.6. The summed E-state index contributed by atoms with van der Waals surface area (Å²) >= 11 is 1.11. The zero-order chi connectivity index (χ0) is 16.9. The Labute approximate surface area is 138 Å². The lowest BCUT2D eigenvalue weighted by Crippen LogP contribution is -2.22. The van der Waals surface area contributed by atoms with Gasteiger partial charge in [-0.3, -0.25) is 9.59 Å². The van der Waals surface area contributed by atoms with Gasteiger partial charge in [0.2, 0.25) is 0 Å². The molecule has 3 aromatic rings. The summed E-state index contributed by atoms with van der Waals surface area (Å²) in [6.07, 6.45) is 0. The van der Waals surface area contributed by atoms with Crippen LogP contribution in [0.5, 0.6) is 0 Å². The largest absolute Gasteiger partial charge is 0.277 e. The third kappa shape index (κ3) is 2.51. The fraction of sp³-hybridized carbons (Fsp3) is 0.278. The van der Waals surface area contributed by atoms with E-state index >= 15 is 0 Å². The lowest BCUT2D eigenvalue weighted by Gasteiger charge is -2.07.